The highest BCUT2D eigenvalue weighted by Gasteiger charge is 2.32. The third-order valence-electron chi connectivity index (χ3n) is 6.08. The first-order chi connectivity index (χ1) is 16.9. The number of rotatable bonds is 4. The molecular formula is C26H27N7OS. The fourth-order valence-electron chi connectivity index (χ4n) is 4.14. The minimum atomic E-state index is -0.331. The number of nitrogens with two attached hydrogens (primary N) is 1. The lowest BCUT2D eigenvalue weighted by Crippen LogP contribution is -2.09. The molecule has 0 amide bonds. The summed E-state index contributed by atoms with van der Waals surface area (Å²) in [7, 11) is 0. The number of aryl methyl sites for hydroxylation is 2. The van der Waals surface area contributed by atoms with Gasteiger partial charge in [-0.05, 0) is 38.5 Å². The first kappa shape index (κ1) is 23.1. The molecule has 2 N–H and O–H groups in total. The molecule has 4 aromatic rings. The van der Waals surface area contributed by atoms with Crippen molar-refractivity contribution in [2.45, 2.75) is 53.0 Å². The molecule has 178 valence electrons. The number of hydrogen-bond donors (Lipinski definition) is 1. The summed E-state index contributed by atoms with van der Waals surface area (Å²) in [5.41, 5.74) is 10.7. The SMILES string of the molecule is Cc1sc2c(c1C)C(c1ccc(C#CCN)cc1)=N[C@@H](Cc1nnc(C(C)C)o1)c1nnc(C)n1-2. The van der Waals surface area contributed by atoms with Gasteiger partial charge in [-0.2, -0.15) is 0 Å². The van der Waals surface area contributed by atoms with E-state index in [4.69, 9.17) is 15.1 Å². The van der Waals surface area contributed by atoms with Crippen molar-refractivity contribution in [3.05, 3.63) is 74.8 Å². The summed E-state index contributed by atoms with van der Waals surface area (Å²) in [6.45, 7) is 10.7. The van der Waals surface area contributed by atoms with Crippen molar-refractivity contribution < 1.29 is 4.42 Å². The van der Waals surface area contributed by atoms with Crippen LogP contribution in [0.4, 0.5) is 0 Å². The minimum absolute atomic E-state index is 0.161. The lowest BCUT2D eigenvalue weighted by atomic mass is 9.98. The van der Waals surface area contributed by atoms with Crippen LogP contribution < -0.4 is 5.73 Å². The van der Waals surface area contributed by atoms with Gasteiger partial charge in [0.1, 0.15) is 16.9 Å². The van der Waals surface area contributed by atoms with Crippen LogP contribution in [0.2, 0.25) is 0 Å². The quantitative estimate of drug-likeness (QED) is 0.434. The summed E-state index contributed by atoms with van der Waals surface area (Å²) in [6, 6.07) is 7.81. The van der Waals surface area contributed by atoms with E-state index in [0.29, 0.717) is 24.7 Å². The number of benzene rings is 1. The van der Waals surface area contributed by atoms with Gasteiger partial charge in [-0.25, -0.2) is 0 Å². The third kappa shape index (κ3) is 4.20. The predicted molar refractivity (Wildman–Crippen MR) is 136 cm³/mol. The fourth-order valence-corrected chi connectivity index (χ4v) is 5.35. The Bertz CT molecular complexity index is 1480. The van der Waals surface area contributed by atoms with Gasteiger partial charge in [0, 0.05) is 27.5 Å². The Morgan fingerprint density at radius 3 is 2.54 bits per heavy atom. The lowest BCUT2D eigenvalue weighted by Gasteiger charge is -2.11. The molecule has 0 bridgehead atoms. The molecule has 1 aromatic carbocycles. The molecule has 3 aromatic heterocycles. The third-order valence-corrected chi connectivity index (χ3v) is 7.27. The molecule has 0 radical (unpaired) electrons. The molecular weight excluding hydrogens is 458 g/mol. The molecule has 8 nitrogen and oxygen atoms in total. The van der Waals surface area contributed by atoms with Crippen molar-refractivity contribution in [3.8, 4) is 16.8 Å². The molecule has 0 saturated carbocycles. The number of thiophene rings is 1. The maximum Gasteiger partial charge on any atom is 0.219 e. The van der Waals surface area contributed by atoms with Gasteiger partial charge in [0.25, 0.3) is 0 Å². The van der Waals surface area contributed by atoms with E-state index in [2.05, 4.69) is 62.8 Å². The smallest absolute Gasteiger partial charge is 0.219 e. The van der Waals surface area contributed by atoms with E-state index in [9.17, 15) is 0 Å². The van der Waals surface area contributed by atoms with E-state index in [1.165, 1.54) is 10.4 Å². The van der Waals surface area contributed by atoms with Crippen LogP contribution in [0.25, 0.3) is 5.00 Å². The Hall–Kier alpha value is -3.61. The molecule has 0 fully saturated rings. The van der Waals surface area contributed by atoms with Crippen LogP contribution >= 0.6 is 11.3 Å². The average molecular weight is 486 g/mol. The summed E-state index contributed by atoms with van der Waals surface area (Å²) in [4.78, 5) is 6.51. The van der Waals surface area contributed by atoms with Gasteiger partial charge in [0.2, 0.25) is 11.8 Å². The summed E-state index contributed by atoms with van der Waals surface area (Å²) < 4.78 is 8.06. The van der Waals surface area contributed by atoms with E-state index in [1.54, 1.807) is 11.3 Å². The summed E-state index contributed by atoms with van der Waals surface area (Å²) in [5, 5.41) is 18.5. The van der Waals surface area contributed by atoms with Gasteiger partial charge in [0.05, 0.1) is 18.7 Å². The van der Waals surface area contributed by atoms with Crippen molar-refractivity contribution in [1.29, 1.82) is 0 Å². The van der Waals surface area contributed by atoms with Gasteiger partial charge in [-0.1, -0.05) is 37.8 Å². The molecule has 1 aliphatic rings. The Kier molecular flexibility index (Phi) is 6.09. The van der Waals surface area contributed by atoms with Crippen LogP contribution in [0.3, 0.4) is 0 Å². The molecule has 0 spiro atoms. The second-order valence-corrected chi connectivity index (χ2v) is 10.1. The van der Waals surface area contributed by atoms with Crippen molar-refractivity contribution in [2.75, 3.05) is 6.54 Å². The van der Waals surface area contributed by atoms with E-state index in [-0.39, 0.29) is 12.0 Å². The van der Waals surface area contributed by atoms with Gasteiger partial charge in [0.15, 0.2) is 5.82 Å². The Morgan fingerprint density at radius 2 is 1.86 bits per heavy atom. The first-order valence-electron chi connectivity index (χ1n) is 11.6. The molecule has 1 atom stereocenters. The van der Waals surface area contributed by atoms with E-state index < -0.39 is 0 Å². The van der Waals surface area contributed by atoms with Gasteiger partial charge < -0.3 is 10.2 Å². The van der Waals surface area contributed by atoms with E-state index in [0.717, 1.165) is 39.1 Å². The monoisotopic (exact) mass is 485 g/mol. The standard InChI is InChI=1S/C26H27N7OS/c1-14(2)25-32-30-21(34-25)13-20-24-31-29-17(5)33(24)26-22(15(3)16(4)35-26)23(28-20)19-10-8-18(9-11-19)7-6-12-27/h8-11,14,20H,12-13,27H2,1-5H3/t20-/m0/s1. The molecule has 0 unspecified atom stereocenters. The Morgan fingerprint density at radius 1 is 1.09 bits per heavy atom. The molecule has 0 aliphatic carbocycles. The van der Waals surface area contributed by atoms with E-state index >= 15 is 0 Å². The lowest BCUT2D eigenvalue weighted by molar-refractivity contribution is 0.418. The number of aromatic nitrogens is 5. The molecule has 9 heteroatoms. The zero-order valence-corrected chi connectivity index (χ0v) is 21.3. The second-order valence-electron chi connectivity index (χ2n) is 8.87. The number of nitrogens with zero attached hydrogens (tertiary/aromatic N) is 6. The van der Waals surface area contributed by atoms with Crippen LogP contribution in [0.5, 0.6) is 0 Å². The van der Waals surface area contributed by atoms with Crippen molar-refractivity contribution in [3.63, 3.8) is 0 Å². The number of hydrogen-bond acceptors (Lipinski definition) is 8. The van der Waals surface area contributed by atoms with Crippen molar-refractivity contribution in [2.24, 2.45) is 10.7 Å². The van der Waals surface area contributed by atoms with E-state index in [1.807, 2.05) is 32.9 Å². The van der Waals surface area contributed by atoms with Crippen molar-refractivity contribution >= 4 is 17.0 Å². The van der Waals surface area contributed by atoms with Gasteiger partial charge in [-0.3, -0.25) is 9.56 Å². The van der Waals surface area contributed by atoms with Crippen LogP contribution in [0, 0.1) is 32.6 Å². The Labute approximate surface area is 208 Å². The highest BCUT2D eigenvalue weighted by molar-refractivity contribution is 7.15. The predicted octanol–water partition coefficient (Wildman–Crippen LogP) is 4.21. The minimum Gasteiger partial charge on any atom is -0.425 e. The molecule has 1 aliphatic heterocycles. The Balaban J connectivity index is 1.67. The zero-order chi connectivity index (χ0) is 24.7. The number of aliphatic imine (C=N–C) groups is 1. The second kappa shape index (κ2) is 9.21. The first-order valence-corrected chi connectivity index (χ1v) is 12.4. The fraction of sp³-hybridized carbons (Fsp3) is 0.346. The van der Waals surface area contributed by atoms with Crippen LogP contribution in [0.15, 0.2) is 33.7 Å². The van der Waals surface area contributed by atoms with Crippen molar-refractivity contribution in [1.82, 2.24) is 25.0 Å². The molecule has 4 heterocycles. The highest BCUT2D eigenvalue weighted by atomic mass is 32.1. The molecule has 5 rings (SSSR count). The normalized spacial score (nSPS) is 14.7. The van der Waals surface area contributed by atoms with Gasteiger partial charge >= 0.3 is 0 Å². The van der Waals surface area contributed by atoms with Crippen LogP contribution in [-0.4, -0.2) is 37.2 Å². The zero-order valence-electron chi connectivity index (χ0n) is 20.5. The largest absolute Gasteiger partial charge is 0.425 e. The maximum absolute atomic E-state index is 5.93. The highest BCUT2D eigenvalue weighted by Crippen LogP contribution is 2.39. The molecule has 35 heavy (non-hydrogen) atoms. The maximum atomic E-state index is 5.93. The average Bonchev–Trinajstić information content (AvgIpc) is 3.52. The van der Waals surface area contributed by atoms with Crippen LogP contribution in [0.1, 0.15) is 76.4 Å². The summed E-state index contributed by atoms with van der Waals surface area (Å²) >= 11 is 1.74. The molecule has 0 saturated heterocycles. The topological polar surface area (TPSA) is 108 Å². The van der Waals surface area contributed by atoms with Crippen LogP contribution in [-0.2, 0) is 6.42 Å². The summed E-state index contributed by atoms with van der Waals surface area (Å²) in [6.07, 6.45) is 0.439. The van der Waals surface area contributed by atoms with Gasteiger partial charge in [-0.15, -0.1) is 31.7 Å². The summed E-state index contributed by atoms with van der Waals surface area (Å²) in [5.74, 6) is 8.92. The number of fused-ring (bicyclic) bond motifs is 3.